The highest BCUT2D eigenvalue weighted by Gasteiger charge is 2.09. The molecule has 0 bridgehead atoms. The molecule has 0 saturated carbocycles. The number of hydrogen-bond donors (Lipinski definition) is 1. The lowest BCUT2D eigenvalue weighted by Gasteiger charge is -2.09. The molecule has 0 unspecified atom stereocenters. The van der Waals surface area contributed by atoms with Gasteiger partial charge in [-0.05, 0) is 31.0 Å². The van der Waals surface area contributed by atoms with Crippen molar-refractivity contribution in [2.45, 2.75) is 39.4 Å². The number of benzene rings is 1. The molecule has 0 amide bonds. The summed E-state index contributed by atoms with van der Waals surface area (Å²) in [6.45, 7) is 3.92. The van der Waals surface area contributed by atoms with Crippen LogP contribution in [0.5, 0.6) is 5.75 Å². The van der Waals surface area contributed by atoms with Crippen molar-refractivity contribution in [1.29, 1.82) is 0 Å². The van der Waals surface area contributed by atoms with E-state index in [1.54, 1.807) is 25.1 Å². The maximum absolute atomic E-state index is 9.47. The number of aromatic nitrogens is 2. The van der Waals surface area contributed by atoms with E-state index in [1.165, 1.54) is 0 Å². The van der Waals surface area contributed by atoms with Gasteiger partial charge in [0, 0.05) is 6.42 Å². The molecule has 0 radical (unpaired) electrons. The maximum atomic E-state index is 9.47. The number of aliphatic hydroxyl groups excluding tert-OH is 1. The van der Waals surface area contributed by atoms with Gasteiger partial charge in [0.25, 0.3) is 0 Å². The van der Waals surface area contributed by atoms with Crippen LogP contribution >= 0.6 is 11.6 Å². The molecule has 6 heteroatoms. The van der Waals surface area contributed by atoms with Gasteiger partial charge in [0.05, 0.1) is 11.1 Å². The first-order chi connectivity index (χ1) is 9.60. The van der Waals surface area contributed by atoms with Gasteiger partial charge in [0.2, 0.25) is 11.7 Å². The van der Waals surface area contributed by atoms with Gasteiger partial charge in [-0.2, -0.15) is 4.98 Å². The molecule has 1 N–H and O–H groups in total. The van der Waals surface area contributed by atoms with Crippen molar-refractivity contribution < 1.29 is 14.4 Å². The fraction of sp³-hybridized carbons (Fsp3) is 0.429. The molecule has 0 aliphatic rings. The van der Waals surface area contributed by atoms with Crippen molar-refractivity contribution in [2.24, 2.45) is 0 Å². The minimum atomic E-state index is -0.560. The summed E-state index contributed by atoms with van der Waals surface area (Å²) in [5.74, 6) is 1.63. The van der Waals surface area contributed by atoms with Gasteiger partial charge in [-0.25, -0.2) is 0 Å². The quantitative estimate of drug-likeness (QED) is 0.885. The Morgan fingerprint density at radius 1 is 1.45 bits per heavy atom. The van der Waals surface area contributed by atoms with E-state index in [0.29, 0.717) is 22.5 Å². The molecule has 0 spiro atoms. The minimum absolute atomic E-state index is 0.195. The van der Waals surface area contributed by atoms with Gasteiger partial charge in [-0.1, -0.05) is 29.7 Å². The van der Waals surface area contributed by atoms with Crippen LogP contribution in [0.15, 0.2) is 22.7 Å². The lowest BCUT2D eigenvalue weighted by atomic mass is 10.1. The molecule has 1 aromatic carbocycles. The molecule has 0 aliphatic heterocycles. The normalized spacial score (nSPS) is 12.4. The smallest absolute Gasteiger partial charge is 0.226 e. The molecule has 108 valence electrons. The van der Waals surface area contributed by atoms with Crippen molar-refractivity contribution in [3.63, 3.8) is 0 Å². The number of ether oxygens (including phenoxy) is 1. The topological polar surface area (TPSA) is 68.4 Å². The fourth-order valence-corrected chi connectivity index (χ4v) is 1.94. The van der Waals surface area contributed by atoms with Crippen LogP contribution in [0.1, 0.15) is 43.7 Å². The molecule has 1 heterocycles. The molecular formula is C14H17ClN2O3. The van der Waals surface area contributed by atoms with Gasteiger partial charge in [0.1, 0.15) is 5.75 Å². The maximum Gasteiger partial charge on any atom is 0.226 e. The Kier molecular flexibility index (Phi) is 4.98. The first kappa shape index (κ1) is 14.8. The average molecular weight is 297 g/mol. The van der Waals surface area contributed by atoms with E-state index < -0.39 is 6.10 Å². The summed E-state index contributed by atoms with van der Waals surface area (Å²) in [4.78, 5) is 4.20. The van der Waals surface area contributed by atoms with Crippen LogP contribution in [0, 0.1) is 0 Å². The summed E-state index contributed by atoms with van der Waals surface area (Å²) < 4.78 is 10.6. The second kappa shape index (κ2) is 6.72. The average Bonchev–Trinajstić information content (AvgIpc) is 2.85. The first-order valence-electron chi connectivity index (χ1n) is 6.52. The van der Waals surface area contributed by atoms with E-state index in [4.69, 9.17) is 20.9 Å². The summed E-state index contributed by atoms with van der Waals surface area (Å²) in [6, 6.07) is 5.17. The lowest BCUT2D eigenvalue weighted by Crippen LogP contribution is -1.99. The Labute approximate surface area is 122 Å². The Morgan fingerprint density at radius 2 is 2.25 bits per heavy atom. The molecule has 1 atom stereocenters. The third-order valence-corrected chi connectivity index (χ3v) is 3.06. The zero-order valence-corrected chi connectivity index (χ0v) is 12.2. The molecule has 5 nitrogen and oxygen atoms in total. The van der Waals surface area contributed by atoms with Gasteiger partial charge >= 0.3 is 0 Å². The van der Waals surface area contributed by atoms with E-state index in [-0.39, 0.29) is 6.61 Å². The summed E-state index contributed by atoms with van der Waals surface area (Å²) in [7, 11) is 0. The molecular weight excluding hydrogens is 280 g/mol. The molecule has 20 heavy (non-hydrogen) atoms. The highest BCUT2D eigenvalue weighted by molar-refractivity contribution is 6.32. The number of aryl methyl sites for hydroxylation is 1. The van der Waals surface area contributed by atoms with E-state index >= 15 is 0 Å². The highest BCUT2D eigenvalue weighted by atomic mass is 35.5. The van der Waals surface area contributed by atoms with Crippen LogP contribution in [-0.2, 0) is 13.0 Å². The van der Waals surface area contributed by atoms with E-state index in [2.05, 4.69) is 10.1 Å². The second-order valence-electron chi connectivity index (χ2n) is 4.51. The van der Waals surface area contributed by atoms with Gasteiger partial charge in [-0.3, -0.25) is 0 Å². The summed E-state index contributed by atoms with van der Waals surface area (Å²) in [5, 5.41) is 13.7. The monoisotopic (exact) mass is 296 g/mol. The Hall–Kier alpha value is -1.59. The van der Waals surface area contributed by atoms with E-state index in [1.807, 2.05) is 6.92 Å². The minimum Gasteiger partial charge on any atom is -0.484 e. The van der Waals surface area contributed by atoms with Crippen LogP contribution in [0.2, 0.25) is 5.02 Å². The van der Waals surface area contributed by atoms with Crippen LogP contribution < -0.4 is 4.74 Å². The van der Waals surface area contributed by atoms with Crippen molar-refractivity contribution >= 4 is 11.6 Å². The third-order valence-electron chi connectivity index (χ3n) is 2.77. The van der Waals surface area contributed by atoms with Crippen molar-refractivity contribution in [2.75, 3.05) is 0 Å². The predicted molar refractivity (Wildman–Crippen MR) is 74.7 cm³/mol. The van der Waals surface area contributed by atoms with Gasteiger partial charge in [-0.15, -0.1) is 0 Å². The summed E-state index contributed by atoms with van der Waals surface area (Å²) in [6.07, 6.45) is 1.15. The Morgan fingerprint density at radius 3 is 2.90 bits per heavy atom. The highest BCUT2D eigenvalue weighted by Crippen LogP contribution is 2.28. The van der Waals surface area contributed by atoms with Crippen molar-refractivity contribution in [1.82, 2.24) is 10.1 Å². The molecule has 1 aromatic heterocycles. The van der Waals surface area contributed by atoms with Crippen LogP contribution in [-0.4, -0.2) is 15.2 Å². The van der Waals surface area contributed by atoms with Crippen molar-refractivity contribution in [3.05, 3.63) is 40.5 Å². The lowest BCUT2D eigenvalue weighted by molar-refractivity contribution is 0.199. The fourth-order valence-electron chi connectivity index (χ4n) is 1.70. The van der Waals surface area contributed by atoms with Crippen LogP contribution in [0.4, 0.5) is 0 Å². The molecule has 0 aliphatic carbocycles. The summed E-state index contributed by atoms with van der Waals surface area (Å²) >= 11 is 6.09. The largest absolute Gasteiger partial charge is 0.484 e. The Bertz CT molecular complexity index is 569. The van der Waals surface area contributed by atoms with E-state index in [0.717, 1.165) is 18.4 Å². The molecule has 2 aromatic rings. The molecule has 0 fully saturated rings. The van der Waals surface area contributed by atoms with E-state index in [9.17, 15) is 5.11 Å². The number of halogens is 1. The Balaban J connectivity index is 1.99. The number of rotatable bonds is 6. The second-order valence-corrected chi connectivity index (χ2v) is 4.92. The zero-order chi connectivity index (χ0) is 14.5. The number of hydrogen-bond acceptors (Lipinski definition) is 5. The number of nitrogens with zero attached hydrogens (tertiary/aromatic N) is 2. The van der Waals surface area contributed by atoms with Gasteiger partial charge in [0.15, 0.2) is 6.61 Å². The predicted octanol–water partition coefficient (Wildman–Crippen LogP) is 3.31. The standard InChI is InChI=1S/C14H17ClN2O3/c1-3-4-14-16-13(17-20-14)8-19-12-6-5-10(9(2)18)7-11(12)15/h5-7,9,18H,3-4,8H2,1-2H3/t9-/m1/s1. The summed E-state index contributed by atoms with van der Waals surface area (Å²) in [5.41, 5.74) is 0.743. The third kappa shape index (κ3) is 3.71. The molecule has 0 saturated heterocycles. The van der Waals surface area contributed by atoms with Crippen LogP contribution in [0.3, 0.4) is 0 Å². The van der Waals surface area contributed by atoms with Crippen LogP contribution in [0.25, 0.3) is 0 Å². The van der Waals surface area contributed by atoms with Gasteiger partial charge < -0.3 is 14.4 Å². The SMILES string of the molecule is CCCc1nc(COc2ccc([C@@H](C)O)cc2Cl)no1. The molecule has 2 rings (SSSR count). The zero-order valence-electron chi connectivity index (χ0n) is 11.5. The first-order valence-corrected chi connectivity index (χ1v) is 6.89. The number of aliphatic hydroxyl groups is 1. The van der Waals surface area contributed by atoms with Crippen molar-refractivity contribution in [3.8, 4) is 5.75 Å².